The fraction of sp³-hybridized carbons (Fsp3) is 0.727. The Balaban J connectivity index is 1.69. The summed E-state index contributed by atoms with van der Waals surface area (Å²) in [5.74, 6) is 0. The van der Waals surface area contributed by atoms with Gasteiger partial charge in [0.05, 0.1) is 25.9 Å². The van der Waals surface area contributed by atoms with Gasteiger partial charge in [0.15, 0.2) is 0 Å². The van der Waals surface area contributed by atoms with Gasteiger partial charge in [-0.25, -0.2) is 4.98 Å². The Bertz CT molecular complexity index is 284. The zero-order valence-corrected chi connectivity index (χ0v) is 10.2. The number of rotatable bonds is 5. The van der Waals surface area contributed by atoms with Crippen LogP contribution in [-0.4, -0.2) is 47.4 Å². The maximum atomic E-state index is 8.68. The van der Waals surface area contributed by atoms with E-state index in [1.165, 1.54) is 5.01 Å². The first kappa shape index (κ1) is 12.0. The average Bonchev–Trinajstić information content (AvgIpc) is 2.81. The normalized spacial score (nSPS) is 19.1. The van der Waals surface area contributed by atoms with Gasteiger partial charge in [-0.1, -0.05) is 0 Å². The molecule has 2 rings (SSSR count). The van der Waals surface area contributed by atoms with Gasteiger partial charge in [0.2, 0.25) is 0 Å². The topological polar surface area (TPSA) is 45.6 Å². The molecule has 1 saturated heterocycles. The summed E-state index contributed by atoms with van der Waals surface area (Å²) in [5.41, 5.74) is 0. The van der Waals surface area contributed by atoms with E-state index in [-0.39, 0.29) is 6.61 Å². The van der Waals surface area contributed by atoms with Crippen LogP contribution in [-0.2, 0) is 11.3 Å². The summed E-state index contributed by atoms with van der Waals surface area (Å²) >= 11 is 1.71. The summed E-state index contributed by atoms with van der Waals surface area (Å²) in [7, 11) is 0. The number of aliphatic hydroxyl groups is 1. The highest BCUT2D eigenvalue weighted by Gasteiger charge is 2.19. The molecule has 1 aliphatic heterocycles. The van der Waals surface area contributed by atoms with Gasteiger partial charge >= 0.3 is 0 Å². The van der Waals surface area contributed by atoms with Crippen molar-refractivity contribution in [2.75, 3.05) is 26.3 Å². The molecule has 0 aliphatic carbocycles. The fourth-order valence-electron chi connectivity index (χ4n) is 1.98. The number of likely N-dealkylation sites (tertiary alicyclic amines) is 1. The van der Waals surface area contributed by atoms with Crippen LogP contribution in [0, 0.1) is 0 Å². The molecular formula is C11H18N2O2S. The fourth-order valence-corrected chi connectivity index (χ4v) is 2.63. The highest BCUT2D eigenvalue weighted by Crippen LogP contribution is 2.16. The summed E-state index contributed by atoms with van der Waals surface area (Å²) in [6.45, 7) is 3.69. The lowest BCUT2D eigenvalue weighted by molar-refractivity contribution is -0.00902. The first-order chi connectivity index (χ1) is 7.88. The molecule has 0 radical (unpaired) electrons. The number of thiazole rings is 1. The zero-order chi connectivity index (χ0) is 11.2. The van der Waals surface area contributed by atoms with Gasteiger partial charge in [-0.15, -0.1) is 11.3 Å². The van der Waals surface area contributed by atoms with E-state index in [4.69, 9.17) is 9.84 Å². The lowest BCUT2D eigenvalue weighted by atomic mass is 10.1. The molecule has 16 heavy (non-hydrogen) atoms. The highest BCUT2D eigenvalue weighted by atomic mass is 32.1. The Labute approximate surface area is 99.9 Å². The minimum Gasteiger partial charge on any atom is -0.394 e. The minimum atomic E-state index is 0.124. The van der Waals surface area contributed by atoms with E-state index in [0.29, 0.717) is 12.7 Å². The number of hydrogen-bond donors (Lipinski definition) is 1. The third-order valence-electron chi connectivity index (χ3n) is 2.82. The zero-order valence-electron chi connectivity index (χ0n) is 9.34. The molecule has 4 nitrogen and oxygen atoms in total. The molecule has 2 heterocycles. The molecule has 1 aliphatic rings. The third kappa shape index (κ3) is 3.52. The number of aliphatic hydroxyl groups excluding tert-OH is 1. The summed E-state index contributed by atoms with van der Waals surface area (Å²) in [6, 6.07) is 0. The molecule has 1 N–H and O–H groups in total. The Morgan fingerprint density at radius 3 is 2.94 bits per heavy atom. The second kappa shape index (κ2) is 6.30. The molecule has 90 valence electrons. The van der Waals surface area contributed by atoms with Crippen molar-refractivity contribution in [2.45, 2.75) is 25.5 Å². The van der Waals surface area contributed by atoms with Crippen molar-refractivity contribution in [1.29, 1.82) is 0 Å². The molecule has 0 aromatic carbocycles. The first-order valence-corrected chi connectivity index (χ1v) is 6.59. The van der Waals surface area contributed by atoms with Crippen LogP contribution in [0.2, 0.25) is 0 Å². The maximum absolute atomic E-state index is 8.68. The van der Waals surface area contributed by atoms with Crippen molar-refractivity contribution in [3.63, 3.8) is 0 Å². The second-order valence-electron chi connectivity index (χ2n) is 4.00. The van der Waals surface area contributed by atoms with Crippen molar-refractivity contribution < 1.29 is 9.84 Å². The van der Waals surface area contributed by atoms with Crippen molar-refractivity contribution in [2.24, 2.45) is 0 Å². The summed E-state index contributed by atoms with van der Waals surface area (Å²) in [4.78, 5) is 6.71. The SMILES string of the molecule is OCCOC1CCN(Cc2nccs2)CC1. The second-order valence-corrected chi connectivity index (χ2v) is 4.97. The molecule has 1 aromatic rings. The molecule has 1 aromatic heterocycles. The van der Waals surface area contributed by atoms with Crippen LogP contribution in [0.25, 0.3) is 0 Å². The summed E-state index contributed by atoms with van der Waals surface area (Å²) in [6.07, 6.45) is 4.31. The Kier molecular flexibility index (Phi) is 4.71. The molecule has 0 saturated carbocycles. The molecule has 0 atom stereocenters. The van der Waals surface area contributed by atoms with E-state index < -0.39 is 0 Å². The van der Waals surface area contributed by atoms with E-state index in [0.717, 1.165) is 32.5 Å². The smallest absolute Gasteiger partial charge is 0.107 e. The molecule has 0 amide bonds. The summed E-state index contributed by atoms with van der Waals surface area (Å²) in [5, 5.41) is 11.9. The quantitative estimate of drug-likeness (QED) is 0.840. The van der Waals surface area contributed by atoms with E-state index >= 15 is 0 Å². The Morgan fingerprint density at radius 2 is 2.31 bits per heavy atom. The number of nitrogens with zero attached hydrogens (tertiary/aromatic N) is 2. The third-order valence-corrected chi connectivity index (χ3v) is 3.59. The van der Waals surface area contributed by atoms with Crippen LogP contribution < -0.4 is 0 Å². The first-order valence-electron chi connectivity index (χ1n) is 5.71. The van der Waals surface area contributed by atoms with Crippen molar-refractivity contribution >= 4 is 11.3 Å². The van der Waals surface area contributed by atoms with Crippen molar-refractivity contribution in [3.05, 3.63) is 16.6 Å². The molecule has 5 heteroatoms. The summed E-state index contributed by atoms with van der Waals surface area (Å²) < 4.78 is 5.53. The van der Waals surface area contributed by atoms with Gasteiger partial charge in [-0.3, -0.25) is 4.90 Å². The lowest BCUT2D eigenvalue weighted by Gasteiger charge is -2.31. The van der Waals surface area contributed by atoms with Crippen LogP contribution in [0.1, 0.15) is 17.8 Å². The number of aromatic nitrogens is 1. The van der Waals surface area contributed by atoms with Crippen LogP contribution in [0.15, 0.2) is 11.6 Å². The van der Waals surface area contributed by atoms with Gasteiger partial charge in [-0.2, -0.15) is 0 Å². The van der Waals surface area contributed by atoms with Crippen LogP contribution >= 0.6 is 11.3 Å². The molecule has 1 fully saturated rings. The van der Waals surface area contributed by atoms with Crippen LogP contribution in [0.4, 0.5) is 0 Å². The van der Waals surface area contributed by atoms with Gasteiger partial charge in [0.25, 0.3) is 0 Å². The van der Waals surface area contributed by atoms with Crippen LogP contribution in [0.5, 0.6) is 0 Å². The van der Waals surface area contributed by atoms with E-state index in [9.17, 15) is 0 Å². The lowest BCUT2D eigenvalue weighted by Crippen LogP contribution is -2.36. The van der Waals surface area contributed by atoms with Crippen LogP contribution in [0.3, 0.4) is 0 Å². The maximum Gasteiger partial charge on any atom is 0.107 e. The molecule has 0 unspecified atom stereocenters. The predicted molar refractivity (Wildman–Crippen MR) is 63.5 cm³/mol. The predicted octanol–water partition coefficient (Wildman–Crippen LogP) is 1.12. The van der Waals surface area contributed by atoms with Gasteiger partial charge in [-0.05, 0) is 12.8 Å². The Hall–Kier alpha value is -0.490. The molecule has 0 bridgehead atoms. The van der Waals surface area contributed by atoms with Crippen molar-refractivity contribution in [3.8, 4) is 0 Å². The molecule has 0 spiro atoms. The largest absolute Gasteiger partial charge is 0.394 e. The monoisotopic (exact) mass is 242 g/mol. The van der Waals surface area contributed by atoms with E-state index in [2.05, 4.69) is 9.88 Å². The van der Waals surface area contributed by atoms with Gasteiger partial charge in [0, 0.05) is 24.7 Å². The van der Waals surface area contributed by atoms with Gasteiger partial charge in [0.1, 0.15) is 5.01 Å². The number of piperidine rings is 1. The average molecular weight is 242 g/mol. The number of hydrogen-bond acceptors (Lipinski definition) is 5. The minimum absolute atomic E-state index is 0.124. The highest BCUT2D eigenvalue weighted by molar-refractivity contribution is 7.09. The van der Waals surface area contributed by atoms with Gasteiger partial charge < -0.3 is 9.84 Å². The molecular weight excluding hydrogens is 224 g/mol. The van der Waals surface area contributed by atoms with E-state index in [1.54, 1.807) is 11.3 Å². The van der Waals surface area contributed by atoms with E-state index in [1.807, 2.05) is 11.6 Å². The standard InChI is InChI=1S/C11H18N2O2S/c14-6-7-15-10-1-4-13(5-2-10)9-11-12-3-8-16-11/h3,8,10,14H,1-2,4-7,9H2. The Morgan fingerprint density at radius 1 is 1.50 bits per heavy atom. The van der Waals surface area contributed by atoms with Crippen molar-refractivity contribution in [1.82, 2.24) is 9.88 Å². The number of ether oxygens (including phenoxy) is 1.